The van der Waals surface area contributed by atoms with Gasteiger partial charge < -0.3 is 5.32 Å². The van der Waals surface area contributed by atoms with Gasteiger partial charge in [0.05, 0.1) is 23.1 Å². The van der Waals surface area contributed by atoms with Crippen molar-refractivity contribution in [3.8, 4) is 0 Å². The summed E-state index contributed by atoms with van der Waals surface area (Å²) < 4.78 is 30.0. The molecule has 3 aromatic heterocycles. The van der Waals surface area contributed by atoms with E-state index in [0.29, 0.717) is 24.6 Å². The molecule has 4 heterocycles. The van der Waals surface area contributed by atoms with E-state index in [1.54, 1.807) is 22.1 Å². The molecule has 0 saturated carbocycles. The standard InChI is InChI=1S/C19H24N6O2S2/c1-4-24-11-17(14(3)23-24)29(26,27)25-10-6-8-16(25)15-7-5-9-18(21-15)22-19-20-13(2)12-28-19/h5,7,9,11-12,16H,4,6,8,10H2,1-3H3,(H,20,21,22)/t16-/m0/s1. The van der Waals surface area contributed by atoms with Crippen LogP contribution < -0.4 is 5.32 Å². The Bertz CT molecular complexity index is 1120. The maximum Gasteiger partial charge on any atom is 0.247 e. The predicted octanol–water partition coefficient (Wildman–Crippen LogP) is 3.64. The molecule has 0 bridgehead atoms. The highest BCUT2D eigenvalue weighted by Crippen LogP contribution is 2.37. The van der Waals surface area contributed by atoms with Crippen LogP contribution in [0.25, 0.3) is 0 Å². The first-order valence-corrected chi connectivity index (χ1v) is 11.9. The summed E-state index contributed by atoms with van der Waals surface area (Å²) in [5, 5.41) is 10.3. The van der Waals surface area contributed by atoms with Gasteiger partial charge in [-0.1, -0.05) is 6.07 Å². The molecule has 8 nitrogen and oxygen atoms in total. The summed E-state index contributed by atoms with van der Waals surface area (Å²) in [6.45, 7) is 6.73. The smallest absolute Gasteiger partial charge is 0.247 e. The molecule has 1 aliphatic rings. The van der Waals surface area contributed by atoms with Gasteiger partial charge in [0.1, 0.15) is 10.7 Å². The third-order valence-electron chi connectivity index (χ3n) is 4.98. The van der Waals surface area contributed by atoms with E-state index >= 15 is 0 Å². The van der Waals surface area contributed by atoms with E-state index in [2.05, 4.69) is 20.4 Å². The van der Waals surface area contributed by atoms with Gasteiger partial charge in [0.15, 0.2) is 5.13 Å². The normalized spacial score (nSPS) is 17.7. The van der Waals surface area contributed by atoms with Crippen molar-refractivity contribution >= 4 is 32.3 Å². The van der Waals surface area contributed by atoms with Gasteiger partial charge >= 0.3 is 0 Å². The van der Waals surface area contributed by atoms with Crippen LogP contribution in [-0.2, 0) is 16.6 Å². The molecule has 3 aromatic rings. The lowest BCUT2D eigenvalue weighted by molar-refractivity contribution is 0.390. The first kappa shape index (κ1) is 20.0. The van der Waals surface area contributed by atoms with Crippen molar-refractivity contribution in [1.82, 2.24) is 24.1 Å². The minimum atomic E-state index is -3.65. The molecule has 0 aromatic carbocycles. The Balaban J connectivity index is 1.63. The Morgan fingerprint density at radius 2 is 2.10 bits per heavy atom. The van der Waals surface area contributed by atoms with Crippen LogP contribution >= 0.6 is 11.3 Å². The number of hydrogen-bond donors (Lipinski definition) is 1. The maximum atomic E-state index is 13.4. The number of nitrogens with one attached hydrogen (secondary N) is 1. The van der Waals surface area contributed by atoms with Crippen molar-refractivity contribution in [1.29, 1.82) is 0 Å². The van der Waals surface area contributed by atoms with E-state index in [1.165, 1.54) is 11.3 Å². The average Bonchev–Trinajstić information content (AvgIpc) is 3.42. The van der Waals surface area contributed by atoms with Crippen molar-refractivity contribution in [3.05, 3.63) is 46.9 Å². The molecule has 1 saturated heterocycles. The third kappa shape index (κ3) is 3.92. The Hall–Kier alpha value is -2.30. The second-order valence-electron chi connectivity index (χ2n) is 7.07. The van der Waals surface area contributed by atoms with Gasteiger partial charge in [-0.3, -0.25) is 4.68 Å². The molecule has 1 N–H and O–H groups in total. The van der Waals surface area contributed by atoms with E-state index in [4.69, 9.17) is 0 Å². The van der Waals surface area contributed by atoms with E-state index < -0.39 is 10.0 Å². The number of rotatable bonds is 6. The lowest BCUT2D eigenvalue weighted by atomic mass is 10.1. The van der Waals surface area contributed by atoms with Gasteiger partial charge in [-0.15, -0.1) is 11.3 Å². The zero-order valence-corrected chi connectivity index (χ0v) is 18.3. The molecule has 0 aliphatic carbocycles. The number of thiazole rings is 1. The van der Waals surface area contributed by atoms with Crippen LogP contribution in [-0.4, -0.2) is 39.0 Å². The van der Waals surface area contributed by atoms with Gasteiger partial charge in [0.25, 0.3) is 0 Å². The molecule has 154 valence electrons. The van der Waals surface area contributed by atoms with Crippen molar-refractivity contribution in [3.63, 3.8) is 0 Å². The molecule has 1 atom stereocenters. The van der Waals surface area contributed by atoms with E-state index in [9.17, 15) is 8.42 Å². The van der Waals surface area contributed by atoms with Crippen LogP contribution in [0, 0.1) is 13.8 Å². The molecule has 0 spiro atoms. The minimum absolute atomic E-state index is 0.277. The van der Waals surface area contributed by atoms with Crippen LogP contribution in [0.5, 0.6) is 0 Å². The van der Waals surface area contributed by atoms with Gasteiger partial charge in [0, 0.05) is 24.7 Å². The largest absolute Gasteiger partial charge is 0.316 e. The second-order valence-corrected chi connectivity index (χ2v) is 9.79. The molecule has 1 fully saturated rings. The van der Waals surface area contributed by atoms with Crippen LogP contribution in [0.3, 0.4) is 0 Å². The fourth-order valence-corrected chi connectivity index (χ4v) is 6.13. The number of aromatic nitrogens is 4. The summed E-state index contributed by atoms with van der Waals surface area (Å²) in [4.78, 5) is 9.36. The van der Waals surface area contributed by atoms with Gasteiger partial charge in [-0.2, -0.15) is 9.40 Å². The zero-order chi connectivity index (χ0) is 20.6. The fraction of sp³-hybridized carbons (Fsp3) is 0.421. The van der Waals surface area contributed by atoms with Crippen molar-refractivity contribution in [2.75, 3.05) is 11.9 Å². The summed E-state index contributed by atoms with van der Waals surface area (Å²) in [6.07, 6.45) is 3.17. The molecule has 0 unspecified atom stereocenters. The highest BCUT2D eigenvalue weighted by Gasteiger charge is 2.38. The Morgan fingerprint density at radius 3 is 2.79 bits per heavy atom. The SMILES string of the molecule is CCn1cc(S(=O)(=O)N2CCC[C@H]2c2cccc(Nc3nc(C)cs3)n2)c(C)n1. The van der Waals surface area contributed by atoms with Crippen molar-refractivity contribution in [2.45, 2.75) is 51.1 Å². The fourth-order valence-electron chi connectivity index (χ4n) is 3.59. The van der Waals surface area contributed by atoms with E-state index in [1.807, 2.05) is 37.4 Å². The summed E-state index contributed by atoms with van der Waals surface area (Å²) in [5.74, 6) is 0.663. The molecule has 29 heavy (non-hydrogen) atoms. The van der Waals surface area contributed by atoms with E-state index in [0.717, 1.165) is 29.4 Å². The summed E-state index contributed by atoms with van der Waals surface area (Å²) in [6, 6.07) is 5.36. The molecule has 1 aliphatic heterocycles. The van der Waals surface area contributed by atoms with Crippen molar-refractivity contribution < 1.29 is 8.42 Å². The second kappa shape index (κ2) is 7.85. The first-order chi connectivity index (χ1) is 13.9. The van der Waals surface area contributed by atoms with Crippen molar-refractivity contribution in [2.24, 2.45) is 0 Å². The summed E-state index contributed by atoms with van der Waals surface area (Å²) in [5.41, 5.74) is 2.22. The predicted molar refractivity (Wildman–Crippen MR) is 113 cm³/mol. The van der Waals surface area contributed by atoms with Crippen LogP contribution in [0.1, 0.15) is 42.9 Å². The monoisotopic (exact) mass is 432 g/mol. The number of anilines is 2. The number of hydrogen-bond acceptors (Lipinski definition) is 7. The maximum absolute atomic E-state index is 13.4. The number of sulfonamides is 1. The Labute approximate surface area is 174 Å². The number of pyridine rings is 1. The number of nitrogens with zero attached hydrogens (tertiary/aromatic N) is 5. The van der Waals surface area contributed by atoms with Crippen LogP contribution in [0.15, 0.2) is 34.7 Å². The molecular weight excluding hydrogens is 408 g/mol. The minimum Gasteiger partial charge on any atom is -0.316 e. The molecule has 0 radical (unpaired) electrons. The van der Waals surface area contributed by atoms with Crippen LogP contribution in [0.2, 0.25) is 0 Å². The third-order valence-corrected chi connectivity index (χ3v) is 7.87. The Morgan fingerprint density at radius 1 is 1.28 bits per heavy atom. The molecular formula is C19H24N6O2S2. The van der Waals surface area contributed by atoms with Gasteiger partial charge in [0.2, 0.25) is 10.0 Å². The van der Waals surface area contributed by atoms with Gasteiger partial charge in [-0.05, 0) is 45.7 Å². The summed E-state index contributed by atoms with van der Waals surface area (Å²) >= 11 is 1.51. The van der Waals surface area contributed by atoms with Gasteiger partial charge in [-0.25, -0.2) is 18.4 Å². The highest BCUT2D eigenvalue weighted by atomic mass is 32.2. The van der Waals surface area contributed by atoms with Crippen LogP contribution in [0.4, 0.5) is 10.9 Å². The summed E-state index contributed by atoms with van der Waals surface area (Å²) in [7, 11) is -3.65. The average molecular weight is 433 g/mol. The highest BCUT2D eigenvalue weighted by molar-refractivity contribution is 7.89. The molecule has 0 amide bonds. The zero-order valence-electron chi connectivity index (χ0n) is 16.7. The lowest BCUT2D eigenvalue weighted by Crippen LogP contribution is -2.31. The molecule has 10 heteroatoms. The van der Waals surface area contributed by atoms with E-state index in [-0.39, 0.29) is 10.9 Å². The first-order valence-electron chi connectivity index (χ1n) is 9.60. The quantitative estimate of drug-likeness (QED) is 0.639. The topological polar surface area (TPSA) is 93.0 Å². The number of aryl methyl sites for hydroxylation is 3. The molecule has 4 rings (SSSR count). The lowest BCUT2D eigenvalue weighted by Gasteiger charge is -2.23. The Kier molecular flexibility index (Phi) is 5.41.